The van der Waals surface area contributed by atoms with Gasteiger partial charge in [0, 0.05) is 6.54 Å². The molecule has 0 amide bonds. The van der Waals surface area contributed by atoms with Crippen molar-refractivity contribution in [2.45, 2.75) is 18.0 Å². The van der Waals surface area contributed by atoms with E-state index in [-0.39, 0.29) is 0 Å². The summed E-state index contributed by atoms with van der Waals surface area (Å²) in [5, 5.41) is 15.7. The lowest BCUT2D eigenvalue weighted by Crippen LogP contribution is -2.48. The van der Waals surface area contributed by atoms with Crippen LogP contribution in [0.1, 0.15) is 6.92 Å². The molecule has 0 heterocycles. The number of nitrogens with two attached hydrogens (primary N) is 1. The minimum atomic E-state index is -4.50. The normalized spacial score (nSPS) is 16.5. The molecule has 0 bridgehead atoms. The Morgan fingerprint density at radius 3 is 1.91 bits per heavy atom. The summed E-state index contributed by atoms with van der Waals surface area (Å²) >= 11 is 0. The number of rotatable bonds is 3. The van der Waals surface area contributed by atoms with Crippen LogP contribution in [-0.4, -0.2) is 40.8 Å². The molecule has 0 spiro atoms. The summed E-state index contributed by atoms with van der Waals surface area (Å²) in [6.07, 6.45) is 0. The van der Waals surface area contributed by atoms with Gasteiger partial charge in [-0.25, -0.2) is 0 Å². The molecule has 0 saturated heterocycles. The summed E-state index contributed by atoms with van der Waals surface area (Å²) in [6, 6.07) is 0. The molecule has 0 aromatic heterocycles. The second kappa shape index (κ2) is 3.03. The minimum absolute atomic E-state index is 0.553. The van der Waals surface area contributed by atoms with Crippen LogP contribution >= 0.6 is 0 Å². The Morgan fingerprint density at radius 2 is 1.91 bits per heavy atom. The van der Waals surface area contributed by atoms with Crippen LogP contribution in [0, 0.1) is 0 Å². The van der Waals surface area contributed by atoms with E-state index in [0.29, 0.717) is 0 Å². The summed E-state index contributed by atoms with van der Waals surface area (Å²) in [4.78, 5) is 0. The first-order valence-electron chi connectivity index (χ1n) is 2.80. The third-order valence-corrected chi connectivity index (χ3v) is 2.54. The monoisotopic (exact) mass is 185 g/mol. The molecular formula is C4H11NO5S. The first-order chi connectivity index (χ1) is 4.69. The van der Waals surface area contributed by atoms with Crippen molar-refractivity contribution in [3.8, 4) is 0 Å². The van der Waals surface area contributed by atoms with E-state index in [9.17, 15) is 8.42 Å². The Morgan fingerprint density at radius 1 is 1.55 bits per heavy atom. The highest BCUT2D eigenvalue weighted by molar-refractivity contribution is 7.86. The Bertz CT molecular complexity index is 215. The van der Waals surface area contributed by atoms with E-state index in [2.05, 4.69) is 0 Å². The van der Waals surface area contributed by atoms with E-state index in [1.54, 1.807) is 0 Å². The molecule has 0 aliphatic carbocycles. The maximum Gasteiger partial charge on any atom is 0.274 e. The highest BCUT2D eigenvalue weighted by Gasteiger charge is 2.37. The fraction of sp³-hybridized carbons (Fsp3) is 1.00. The van der Waals surface area contributed by atoms with Crippen molar-refractivity contribution in [2.75, 3.05) is 6.54 Å². The van der Waals surface area contributed by atoms with Crippen molar-refractivity contribution in [1.29, 1.82) is 0 Å². The molecule has 0 aliphatic heterocycles. The van der Waals surface area contributed by atoms with Crippen LogP contribution in [-0.2, 0) is 10.1 Å². The average Bonchev–Trinajstić information content (AvgIpc) is 1.56. The second-order valence-electron chi connectivity index (χ2n) is 2.33. The molecule has 1 unspecified atom stereocenters. The molecule has 68 valence electrons. The molecule has 1 atom stereocenters. The highest BCUT2D eigenvalue weighted by Crippen LogP contribution is 2.11. The fourth-order valence-corrected chi connectivity index (χ4v) is 1.43. The maximum atomic E-state index is 10.4. The molecule has 0 aromatic carbocycles. The third kappa shape index (κ3) is 3.12. The first-order valence-corrected chi connectivity index (χ1v) is 4.31. The van der Waals surface area contributed by atoms with Crippen molar-refractivity contribution in [3.63, 3.8) is 0 Å². The van der Waals surface area contributed by atoms with Crippen LogP contribution in [0.3, 0.4) is 0 Å². The van der Waals surface area contributed by atoms with Gasteiger partial charge in [-0.2, -0.15) is 8.42 Å². The van der Waals surface area contributed by atoms with Gasteiger partial charge in [-0.15, -0.1) is 0 Å². The van der Waals surface area contributed by atoms with Gasteiger partial charge in [0.05, 0.1) is 0 Å². The molecule has 0 aliphatic rings. The second-order valence-corrected chi connectivity index (χ2v) is 3.93. The van der Waals surface area contributed by atoms with E-state index in [4.69, 9.17) is 20.5 Å². The van der Waals surface area contributed by atoms with Crippen molar-refractivity contribution in [3.05, 3.63) is 0 Å². The van der Waals surface area contributed by atoms with Crippen molar-refractivity contribution in [2.24, 2.45) is 5.73 Å². The molecule has 5 N–H and O–H groups in total. The summed E-state index contributed by atoms with van der Waals surface area (Å²) in [6.45, 7) is 0.278. The molecule has 7 heteroatoms. The minimum Gasteiger partial charge on any atom is -0.365 e. The Balaban J connectivity index is 4.72. The van der Waals surface area contributed by atoms with Gasteiger partial charge in [0.15, 0.2) is 11.0 Å². The van der Waals surface area contributed by atoms with Gasteiger partial charge in [-0.1, -0.05) is 0 Å². The predicted octanol–water partition coefficient (Wildman–Crippen LogP) is -2.10. The average molecular weight is 185 g/mol. The fourth-order valence-electron chi connectivity index (χ4n) is 0.627. The standard InChI is InChI=1S/C4H11NO5S/c1-4(6,7)3(2-5)11(8,9)10/h3,6-7H,2,5H2,1H3,(H,8,9,10). The van der Waals surface area contributed by atoms with E-state index in [1.165, 1.54) is 0 Å². The van der Waals surface area contributed by atoms with E-state index >= 15 is 0 Å². The molecule has 6 nitrogen and oxygen atoms in total. The smallest absolute Gasteiger partial charge is 0.274 e. The topological polar surface area (TPSA) is 121 Å². The van der Waals surface area contributed by atoms with Crippen LogP contribution < -0.4 is 5.73 Å². The van der Waals surface area contributed by atoms with Gasteiger partial charge < -0.3 is 15.9 Å². The van der Waals surface area contributed by atoms with Crippen LogP contribution in [0.4, 0.5) is 0 Å². The molecule has 0 rings (SSSR count). The SMILES string of the molecule is CC(O)(O)C(CN)S(=O)(=O)O. The Hall–Kier alpha value is -0.210. The van der Waals surface area contributed by atoms with E-state index in [1.807, 2.05) is 0 Å². The maximum absolute atomic E-state index is 10.4. The van der Waals surface area contributed by atoms with Crippen LogP contribution in [0.15, 0.2) is 0 Å². The largest absolute Gasteiger partial charge is 0.365 e. The van der Waals surface area contributed by atoms with Gasteiger partial charge in [0.2, 0.25) is 0 Å². The molecular weight excluding hydrogens is 174 g/mol. The van der Waals surface area contributed by atoms with Gasteiger partial charge >= 0.3 is 0 Å². The molecule has 0 radical (unpaired) electrons. The predicted molar refractivity (Wildman–Crippen MR) is 37.2 cm³/mol. The number of aliphatic hydroxyl groups is 2. The molecule has 0 fully saturated rings. The first kappa shape index (κ1) is 10.8. The Labute approximate surface area is 64.4 Å². The van der Waals surface area contributed by atoms with Gasteiger partial charge in [0.1, 0.15) is 0 Å². The van der Waals surface area contributed by atoms with E-state index < -0.39 is 27.7 Å². The zero-order valence-electron chi connectivity index (χ0n) is 5.93. The quantitative estimate of drug-likeness (QED) is 0.295. The Kier molecular flexibility index (Phi) is 2.98. The zero-order valence-corrected chi connectivity index (χ0v) is 6.74. The van der Waals surface area contributed by atoms with E-state index in [0.717, 1.165) is 6.92 Å². The van der Waals surface area contributed by atoms with Crippen LogP contribution in [0.25, 0.3) is 0 Å². The summed E-state index contributed by atoms with van der Waals surface area (Å²) < 4.78 is 29.1. The van der Waals surface area contributed by atoms with Gasteiger partial charge in [-0.3, -0.25) is 4.55 Å². The molecule has 11 heavy (non-hydrogen) atoms. The highest BCUT2D eigenvalue weighted by atomic mass is 32.2. The number of hydrogen-bond donors (Lipinski definition) is 4. The summed E-state index contributed by atoms with van der Waals surface area (Å²) in [7, 11) is -4.50. The lowest BCUT2D eigenvalue weighted by molar-refractivity contribution is -0.144. The lowest BCUT2D eigenvalue weighted by Gasteiger charge is -2.23. The van der Waals surface area contributed by atoms with Crippen molar-refractivity contribution >= 4 is 10.1 Å². The third-order valence-electron chi connectivity index (χ3n) is 1.18. The lowest BCUT2D eigenvalue weighted by atomic mass is 10.2. The van der Waals surface area contributed by atoms with Crippen molar-refractivity contribution < 1.29 is 23.2 Å². The van der Waals surface area contributed by atoms with Gasteiger partial charge in [-0.05, 0) is 6.92 Å². The van der Waals surface area contributed by atoms with Gasteiger partial charge in [0.25, 0.3) is 10.1 Å². The summed E-state index contributed by atoms with van der Waals surface area (Å²) in [5.74, 6) is -2.51. The van der Waals surface area contributed by atoms with Crippen molar-refractivity contribution in [1.82, 2.24) is 0 Å². The zero-order chi connectivity index (χ0) is 9.28. The molecule has 0 saturated carbocycles. The molecule has 0 aromatic rings. The number of hydrogen-bond acceptors (Lipinski definition) is 5. The van der Waals surface area contributed by atoms with Crippen LogP contribution in [0.5, 0.6) is 0 Å². The van der Waals surface area contributed by atoms with Crippen LogP contribution in [0.2, 0.25) is 0 Å². The summed E-state index contributed by atoms with van der Waals surface area (Å²) in [5.41, 5.74) is 4.89.